The first-order valence-electron chi connectivity index (χ1n) is 9.99. The summed E-state index contributed by atoms with van der Waals surface area (Å²) in [6.07, 6.45) is 1.57. The van der Waals surface area contributed by atoms with Crippen molar-refractivity contribution < 1.29 is 24.5 Å². The third-order valence-electron chi connectivity index (χ3n) is 4.11. The zero-order valence-corrected chi connectivity index (χ0v) is 18.7. The first-order valence-corrected chi connectivity index (χ1v) is 9.99. The van der Waals surface area contributed by atoms with E-state index >= 15 is 0 Å². The predicted octanol–water partition coefficient (Wildman–Crippen LogP) is 3.28. The molecule has 0 saturated heterocycles. The van der Waals surface area contributed by atoms with Crippen LogP contribution in [0.25, 0.3) is 0 Å². The van der Waals surface area contributed by atoms with Crippen LogP contribution >= 0.6 is 0 Å². The molecule has 0 aromatic heterocycles. The van der Waals surface area contributed by atoms with Crippen LogP contribution in [0.1, 0.15) is 34.0 Å². The van der Waals surface area contributed by atoms with Crippen LogP contribution in [-0.2, 0) is 4.79 Å². The lowest BCUT2D eigenvalue weighted by molar-refractivity contribution is -0.105. The zero-order valence-electron chi connectivity index (χ0n) is 18.7. The molecule has 0 fully saturated rings. The number of amides is 2. The Kier molecular flexibility index (Phi) is 11.6. The van der Waals surface area contributed by atoms with Gasteiger partial charge in [-0.05, 0) is 61.5 Å². The molecule has 0 atom stereocenters. The first kappa shape index (κ1) is 27.7. The molecule has 0 heterocycles. The van der Waals surface area contributed by atoms with Gasteiger partial charge in [0.25, 0.3) is 0 Å². The van der Waals surface area contributed by atoms with E-state index in [1.807, 2.05) is 13.0 Å². The topological polar surface area (TPSA) is 193 Å². The maximum absolute atomic E-state index is 10.6. The van der Waals surface area contributed by atoms with Crippen LogP contribution in [0.15, 0.2) is 60.7 Å². The van der Waals surface area contributed by atoms with E-state index in [2.05, 4.69) is 5.32 Å². The van der Waals surface area contributed by atoms with Crippen molar-refractivity contribution in [3.8, 4) is 29.4 Å². The number of phenolic OH excluding ortho intramolecular Hbond substituents is 2. The molecule has 35 heavy (non-hydrogen) atoms. The number of nitrogens with one attached hydrogen (secondary N) is 2. The average molecular weight is 473 g/mol. The lowest BCUT2D eigenvalue weighted by atomic mass is 10.1. The minimum absolute atomic E-state index is 0.0168. The highest BCUT2D eigenvalue weighted by molar-refractivity contribution is 5.93. The van der Waals surface area contributed by atoms with Crippen LogP contribution in [-0.4, -0.2) is 35.4 Å². The molecule has 0 spiro atoms. The fraction of sp³-hybridized carbons (Fsp3) is 0.0800. The van der Waals surface area contributed by atoms with E-state index in [-0.39, 0.29) is 22.6 Å². The number of nitrogens with zero attached hydrogens (tertiary/aromatic N) is 2. The summed E-state index contributed by atoms with van der Waals surface area (Å²) in [6, 6.07) is 19.3. The Hall–Kier alpha value is -5.35. The number of ether oxygens (including phenoxy) is 1. The number of carbonyl (C=O) groups is 2. The molecule has 0 unspecified atom stereocenters. The monoisotopic (exact) mass is 473 g/mol. The molecule has 0 radical (unpaired) electrons. The molecule has 0 bridgehead atoms. The number of nitrogens with two attached hydrogens (primary N) is 1. The van der Waals surface area contributed by atoms with Gasteiger partial charge in [0.1, 0.15) is 23.3 Å². The highest BCUT2D eigenvalue weighted by Gasteiger charge is 2.04. The highest BCUT2D eigenvalue weighted by atomic mass is 16.5. The van der Waals surface area contributed by atoms with Gasteiger partial charge in [0.2, 0.25) is 12.3 Å². The Balaban J connectivity index is 0.000000263. The van der Waals surface area contributed by atoms with Crippen molar-refractivity contribution in [2.24, 2.45) is 5.73 Å². The molecule has 10 heteroatoms. The maximum Gasteiger partial charge on any atom is 0.248 e. The predicted molar refractivity (Wildman–Crippen MR) is 129 cm³/mol. The van der Waals surface area contributed by atoms with E-state index in [9.17, 15) is 14.7 Å². The minimum Gasteiger partial charge on any atom is -0.507 e. The number of hydrogen-bond acceptors (Lipinski definition) is 8. The Labute approximate surface area is 201 Å². The molecule has 2 amide bonds. The molecule has 3 aromatic carbocycles. The summed E-state index contributed by atoms with van der Waals surface area (Å²) in [5.41, 5.74) is 6.81. The van der Waals surface area contributed by atoms with Gasteiger partial charge in [0.05, 0.1) is 23.8 Å². The summed E-state index contributed by atoms with van der Waals surface area (Å²) in [6.45, 7) is 2.59. The van der Waals surface area contributed by atoms with Crippen LogP contribution in [0.3, 0.4) is 0 Å². The standard InChI is InChI=1S/C9H9NO.C8H8N2O2.C8H6N2O2/c1-2-11-9-5-3-8(7-10)4-6-9;9-4-6-1-2-7(10-5-11)3-8(6)12;9-4-6-3-5(8(10)12)1-2-7(6)11/h3-6H,2H2,1H3;1-5,9,12H,(H,10,11);1-3,11H,(H2,10,12). The number of aromatic hydroxyl groups is 2. The largest absolute Gasteiger partial charge is 0.507 e. The summed E-state index contributed by atoms with van der Waals surface area (Å²) in [4.78, 5) is 20.6. The lowest BCUT2D eigenvalue weighted by Gasteiger charge is -2.01. The Bertz CT molecular complexity index is 1240. The third-order valence-corrected chi connectivity index (χ3v) is 4.11. The first-order chi connectivity index (χ1) is 16.8. The van der Waals surface area contributed by atoms with E-state index in [0.717, 1.165) is 12.0 Å². The van der Waals surface area contributed by atoms with Crippen molar-refractivity contribution >= 4 is 24.2 Å². The molecule has 3 rings (SSSR count). The van der Waals surface area contributed by atoms with Gasteiger partial charge in [-0.3, -0.25) is 9.59 Å². The van der Waals surface area contributed by atoms with Crippen LogP contribution in [0.2, 0.25) is 0 Å². The number of rotatable bonds is 6. The number of benzene rings is 3. The van der Waals surface area contributed by atoms with Crippen molar-refractivity contribution in [3.63, 3.8) is 0 Å². The van der Waals surface area contributed by atoms with E-state index in [4.69, 9.17) is 31.5 Å². The molecule has 0 aliphatic carbocycles. The minimum atomic E-state index is -0.619. The molecule has 0 aliphatic heterocycles. The van der Waals surface area contributed by atoms with Crippen molar-refractivity contribution in [2.45, 2.75) is 6.92 Å². The molecule has 178 valence electrons. The Morgan fingerprint density at radius 3 is 2.23 bits per heavy atom. The molecule has 6 N–H and O–H groups in total. The molecule has 0 saturated carbocycles. The van der Waals surface area contributed by atoms with Crippen LogP contribution < -0.4 is 15.8 Å². The number of anilines is 1. The summed E-state index contributed by atoms with van der Waals surface area (Å²) < 4.78 is 5.20. The Morgan fingerprint density at radius 2 is 1.74 bits per heavy atom. The molecule has 3 aromatic rings. The van der Waals surface area contributed by atoms with Crippen molar-refractivity contribution in [3.05, 3.63) is 82.9 Å². The zero-order chi connectivity index (χ0) is 26.2. The lowest BCUT2D eigenvalue weighted by Crippen LogP contribution is -2.10. The quantitative estimate of drug-likeness (QED) is 0.267. The van der Waals surface area contributed by atoms with Crippen LogP contribution in [0.4, 0.5) is 5.69 Å². The van der Waals surface area contributed by atoms with Gasteiger partial charge in [-0.2, -0.15) is 10.5 Å². The third kappa shape index (κ3) is 9.35. The fourth-order valence-electron chi connectivity index (χ4n) is 2.39. The smallest absolute Gasteiger partial charge is 0.248 e. The van der Waals surface area contributed by atoms with Crippen LogP contribution in [0, 0.1) is 28.1 Å². The second-order valence-corrected chi connectivity index (χ2v) is 6.46. The SMILES string of the molecule is CCOc1ccc(C#N)cc1.N#Cc1cc(C(N)=O)ccc1O.N=Cc1ccc(NC=O)cc1O. The van der Waals surface area contributed by atoms with Crippen molar-refractivity contribution in [1.82, 2.24) is 0 Å². The summed E-state index contributed by atoms with van der Waals surface area (Å²) >= 11 is 0. The van der Waals surface area contributed by atoms with E-state index < -0.39 is 5.91 Å². The summed E-state index contributed by atoms with van der Waals surface area (Å²) in [5, 5.41) is 44.4. The van der Waals surface area contributed by atoms with E-state index in [1.165, 1.54) is 24.3 Å². The maximum atomic E-state index is 10.6. The second-order valence-electron chi connectivity index (χ2n) is 6.46. The molecule has 10 nitrogen and oxygen atoms in total. The highest BCUT2D eigenvalue weighted by Crippen LogP contribution is 2.19. The van der Waals surface area contributed by atoms with Gasteiger partial charge >= 0.3 is 0 Å². The number of phenols is 2. The number of primary amides is 1. The number of hydrogen-bond donors (Lipinski definition) is 5. The van der Waals surface area contributed by atoms with Crippen molar-refractivity contribution in [1.29, 1.82) is 15.9 Å². The van der Waals surface area contributed by atoms with Gasteiger partial charge in [-0.15, -0.1) is 0 Å². The Morgan fingerprint density at radius 1 is 1.06 bits per heavy atom. The van der Waals surface area contributed by atoms with Crippen LogP contribution in [0.5, 0.6) is 17.2 Å². The van der Waals surface area contributed by atoms with E-state index in [1.54, 1.807) is 42.5 Å². The molecular weight excluding hydrogens is 450 g/mol. The van der Waals surface area contributed by atoms with Gasteiger partial charge in [-0.1, -0.05) is 0 Å². The van der Waals surface area contributed by atoms with Gasteiger partial charge in [-0.25, -0.2) is 0 Å². The fourth-order valence-corrected chi connectivity index (χ4v) is 2.39. The normalized spacial score (nSPS) is 8.89. The number of carbonyl (C=O) groups excluding carboxylic acids is 2. The second kappa shape index (κ2) is 14.7. The van der Waals surface area contributed by atoms with Gasteiger partial charge in [0, 0.05) is 29.1 Å². The summed E-state index contributed by atoms with van der Waals surface area (Å²) in [5.74, 6) is 0.0253. The van der Waals surface area contributed by atoms with Crippen molar-refractivity contribution in [2.75, 3.05) is 11.9 Å². The van der Waals surface area contributed by atoms with E-state index in [0.29, 0.717) is 29.8 Å². The van der Waals surface area contributed by atoms with Gasteiger partial charge in [0.15, 0.2) is 0 Å². The average Bonchev–Trinajstić information content (AvgIpc) is 2.86. The molecular formula is C25H23N5O5. The number of nitriles is 2. The molecule has 0 aliphatic rings. The summed E-state index contributed by atoms with van der Waals surface area (Å²) in [7, 11) is 0. The van der Waals surface area contributed by atoms with Gasteiger partial charge < -0.3 is 31.4 Å².